The summed E-state index contributed by atoms with van der Waals surface area (Å²) in [4.78, 5) is 0.575. The molecule has 20 heavy (non-hydrogen) atoms. The van der Waals surface area contributed by atoms with Gasteiger partial charge in [0.1, 0.15) is 4.21 Å². The lowest BCUT2D eigenvalue weighted by atomic mass is 10.5. The van der Waals surface area contributed by atoms with Gasteiger partial charge >= 0.3 is 0 Å². The summed E-state index contributed by atoms with van der Waals surface area (Å²) in [5, 5.41) is 4.99. The minimum absolute atomic E-state index is 0.0121. The number of nitrogens with one attached hydrogen (secondary N) is 1. The van der Waals surface area contributed by atoms with E-state index in [1.54, 1.807) is 0 Å². The van der Waals surface area contributed by atoms with E-state index in [4.69, 9.17) is 9.88 Å². The van der Waals surface area contributed by atoms with Gasteiger partial charge in [-0.1, -0.05) is 0 Å². The summed E-state index contributed by atoms with van der Waals surface area (Å²) in [7, 11) is -7.32. The lowest BCUT2D eigenvalue weighted by Gasteiger charge is -2.25. The van der Waals surface area contributed by atoms with Crippen LogP contribution in [0.2, 0.25) is 0 Å². The van der Waals surface area contributed by atoms with Crippen LogP contribution in [0.25, 0.3) is 0 Å². The van der Waals surface area contributed by atoms with Gasteiger partial charge in [-0.2, -0.15) is 17.4 Å². The van der Waals surface area contributed by atoms with E-state index in [-0.39, 0.29) is 10.8 Å². The van der Waals surface area contributed by atoms with Crippen LogP contribution in [0.4, 0.5) is 0 Å². The maximum Gasteiger partial charge on any atom is 0.279 e. The third-order valence-electron chi connectivity index (χ3n) is 2.66. The summed E-state index contributed by atoms with van der Waals surface area (Å²) < 4.78 is 55.0. The highest BCUT2D eigenvalue weighted by atomic mass is 32.2. The molecule has 1 saturated heterocycles. The van der Waals surface area contributed by atoms with Gasteiger partial charge in [-0.25, -0.2) is 13.6 Å². The Morgan fingerprint density at radius 2 is 1.90 bits per heavy atom. The fraction of sp³-hybridized carbons (Fsp3) is 0.556. The predicted octanol–water partition coefficient (Wildman–Crippen LogP) is -0.938. The highest BCUT2D eigenvalue weighted by Gasteiger charge is 2.24. The average Bonchev–Trinajstić information content (AvgIpc) is 2.86. The molecule has 2 rings (SSSR count). The van der Waals surface area contributed by atoms with E-state index < -0.39 is 20.2 Å². The van der Waals surface area contributed by atoms with Crippen LogP contribution in [0, 0.1) is 0 Å². The highest BCUT2D eigenvalue weighted by Crippen LogP contribution is 2.20. The molecule has 2 heterocycles. The van der Waals surface area contributed by atoms with Crippen molar-refractivity contribution < 1.29 is 21.6 Å². The molecule has 0 aliphatic carbocycles. The number of nitrogens with zero attached hydrogens (tertiary/aromatic N) is 1. The van der Waals surface area contributed by atoms with Gasteiger partial charge in [0.15, 0.2) is 0 Å². The van der Waals surface area contributed by atoms with Crippen LogP contribution in [0.3, 0.4) is 0 Å². The second kappa shape index (κ2) is 6.05. The van der Waals surface area contributed by atoms with Gasteiger partial charge < -0.3 is 4.74 Å². The summed E-state index contributed by atoms with van der Waals surface area (Å²) in [6.07, 6.45) is 0. The van der Waals surface area contributed by atoms with E-state index in [0.29, 0.717) is 31.2 Å². The van der Waals surface area contributed by atoms with Crippen molar-refractivity contribution in [2.24, 2.45) is 5.14 Å². The standard InChI is InChI=1S/C9H15N3O5S3/c10-19(13,14)9-2-1-8(18-9)7-11-20(15,16)12-3-5-17-6-4-12/h1-2,11H,3-7H2,(H2,10,13,14). The minimum Gasteiger partial charge on any atom is -0.379 e. The topological polar surface area (TPSA) is 119 Å². The molecule has 1 aromatic rings. The van der Waals surface area contributed by atoms with Gasteiger partial charge in [-0.05, 0) is 12.1 Å². The van der Waals surface area contributed by atoms with Gasteiger partial charge in [0.2, 0.25) is 10.0 Å². The van der Waals surface area contributed by atoms with E-state index >= 15 is 0 Å². The Hall–Kier alpha value is -0.560. The number of hydrogen-bond acceptors (Lipinski definition) is 6. The molecule has 1 aliphatic rings. The van der Waals surface area contributed by atoms with Crippen molar-refractivity contribution in [3.05, 3.63) is 17.0 Å². The lowest BCUT2D eigenvalue weighted by Crippen LogP contribution is -2.46. The molecule has 11 heteroatoms. The third-order valence-corrected chi connectivity index (χ3v) is 6.73. The van der Waals surface area contributed by atoms with E-state index in [9.17, 15) is 16.8 Å². The van der Waals surface area contributed by atoms with Crippen molar-refractivity contribution in [2.75, 3.05) is 26.3 Å². The molecular weight excluding hydrogens is 326 g/mol. The highest BCUT2D eigenvalue weighted by molar-refractivity contribution is 7.91. The van der Waals surface area contributed by atoms with Crippen molar-refractivity contribution in [3.8, 4) is 0 Å². The second-order valence-corrected chi connectivity index (χ2v) is 8.82. The Bertz CT molecular complexity index is 661. The van der Waals surface area contributed by atoms with Crippen molar-refractivity contribution >= 4 is 31.6 Å². The van der Waals surface area contributed by atoms with Gasteiger partial charge in [0.05, 0.1) is 13.2 Å². The summed E-state index contributed by atoms with van der Waals surface area (Å²) in [5.74, 6) is 0. The first-order chi connectivity index (χ1) is 9.29. The number of morpholine rings is 1. The third kappa shape index (κ3) is 3.97. The fourth-order valence-corrected chi connectivity index (χ4v) is 4.61. The van der Waals surface area contributed by atoms with E-state index in [2.05, 4.69) is 4.72 Å². The largest absolute Gasteiger partial charge is 0.379 e. The maximum atomic E-state index is 12.0. The Kier molecular flexibility index (Phi) is 4.79. The summed E-state index contributed by atoms with van der Waals surface area (Å²) in [6.45, 7) is 1.38. The molecule has 0 unspecified atom stereocenters. The average molecular weight is 341 g/mol. The Morgan fingerprint density at radius 3 is 2.45 bits per heavy atom. The number of rotatable bonds is 5. The first-order valence-corrected chi connectivity index (χ1v) is 9.53. The maximum absolute atomic E-state index is 12.0. The van der Waals surface area contributed by atoms with Crippen LogP contribution in [-0.4, -0.2) is 47.4 Å². The van der Waals surface area contributed by atoms with Gasteiger partial charge in [0, 0.05) is 24.5 Å². The number of primary sulfonamides is 1. The predicted molar refractivity (Wildman–Crippen MR) is 73.8 cm³/mol. The second-order valence-electron chi connectivity index (χ2n) is 4.10. The van der Waals surface area contributed by atoms with Gasteiger partial charge in [0.25, 0.3) is 10.2 Å². The monoisotopic (exact) mass is 341 g/mol. The number of sulfonamides is 1. The van der Waals surface area contributed by atoms with Crippen LogP contribution >= 0.6 is 11.3 Å². The summed E-state index contributed by atoms with van der Waals surface area (Å²) >= 11 is 0.944. The molecule has 1 fully saturated rings. The molecular formula is C9H15N3O5S3. The molecule has 0 atom stereocenters. The van der Waals surface area contributed by atoms with Crippen LogP contribution < -0.4 is 9.86 Å². The first-order valence-electron chi connectivity index (χ1n) is 5.73. The van der Waals surface area contributed by atoms with Crippen molar-refractivity contribution in [1.82, 2.24) is 9.03 Å². The number of thiophene rings is 1. The molecule has 0 bridgehead atoms. The SMILES string of the molecule is NS(=O)(=O)c1ccc(CNS(=O)(=O)N2CCOCC2)s1. The zero-order chi connectivity index (χ0) is 14.8. The van der Waals surface area contributed by atoms with Crippen molar-refractivity contribution in [3.63, 3.8) is 0 Å². The fourth-order valence-electron chi connectivity index (χ4n) is 1.65. The number of hydrogen-bond donors (Lipinski definition) is 2. The van der Waals surface area contributed by atoms with Gasteiger partial charge in [-0.3, -0.25) is 0 Å². The quantitative estimate of drug-likeness (QED) is 0.716. The molecule has 114 valence electrons. The Balaban J connectivity index is 1.99. The minimum atomic E-state index is -3.74. The van der Waals surface area contributed by atoms with Crippen LogP contribution in [-0.2, 0) is 31.5 Å². The van der Waals surface area contributed by atoms with Crippen LogP contribution in [0.5, 0.6) is 0 Å². The van der Waals surface area contributed by atoms with Crippen LogP contribution in [0.1, 0.15) is 4.88 Å². The Labute approximate surface area is 121 Å². The zero-order valence-electron chi connectivity index (χ0n) is 10.5. The molecule has 1 aliphatic heterocycles. The van der Waals surface area contributed by atoms with E-state index in [1.807, 2.05) is 0 Å². The normalized spacial score (nSPS) is 18.2. The molecule has 0 saturated carbocycles. The van der Waals surface area contributed by atoms with Crippen molar-refractivity contribution in [1.29, 1.82) is 0 Å². The number of nitrogens with two attached hydrogens (primary N) is 1. The zero-order valence-corrected chi connectivity index (χ0v) is 12.9. The van der Waals surface area contributed by atoms with Gasteiger partial charge in [-0.15, -0.1) is 11.3 Å². The molecule has 8 nitrogen and oxygen atoms in total. The Morgan fingerprint density at radius 1 is 1.25 bits per heavy atom. The van der Waals surface area contributed by atoms with E-state index in [0.717, 1.165) is 11.3 Å². The summed E-state index contributed by atoms with van der Waals surface area (Å²) in [6, 6.07) is 2.89. The molecule has 0 amide bonds. The smallest absolute Gasteiger partial charge is 0.279 e. The van der Waals surface area contributed by atoms with Crippen LogP contribution in [0.15, 0.2) is 16.3 Å². The lowest BCUT2D eigenvalue weighted by molar-refractivity contribution is 0.0725. The molecule has 3 N–H and O–H groups in total. The molecule has 0 aromatic carbocycles. The number of ether oxygens (including phenoxy) is 1. The van der Waals surface area contributed by atoms with E-state index in [1.165, 1.54) is 16.4 Å². The first kappa shape index (κ1) is 15.8. The van der Waals surface area contributed by atoms with Crippen molar-refractivity contribution in [2.45, 2.75) is 10.8 Å². The summed E-state index contributed by atoms with van der Waals surface area (Å²) in [5.41, 5.74) is 0. The molecule has 1 aromatic heterocycles. The molecule has 0 radical (unpaired) electrons. The molecule has 0 spiro atoms.